The zero-order valence-electron chi connectivity index (χ0n) is 7.17. The van der Waals surface area contributed by atoms with Crippen LogP contribution < -0.4 is 0 Å². The van der Waals surface area contributed by atoms with Crippen LogP contribution in [0.3, 0.4) is 0 Å². The highest BCUT2D eigenvalue weighted by molar-refractivity contribution is 9.25. The molecule has 2 nitrogen and oxygen atoms in total. The summed E-state index contributed by atoms with van der Waals surface area (Å²) in [6.07, 6.45) is 4.98. The Balaban J connectivity index is 1.98. The summed E-state index contributed by atoms with van der Waals surface area (Å²) in [5, 5.41) is 0. The number of carbonyl (C=O) groups is 1. The molecule has 4 heteroatoms. The lowest BCUT2D eigenvalue weighted by Crippen LogP contribution is -2.17. The molecule has 1 saturated carbocycles. The largest absolute Gasteiger partial charge is 0.458 e. The third-order valence-electron chi connectivity index (χ3n) is 2.60. The zero-order valence-corrected chi connectivity index (χ0v) is 10.3. The van der Waals surface area contributed by atoms with E-state index in [0.717, 1.165) is 6.42 Å². The molecular weight excluding hydrogens is 300 g/mol. The van der Waals surface area contributed by atoms with E-state index in [-0.39, 0.29) is 15.3 Å². The quantitative estimate of drug-likeness (QED) is 0.423. The van der Waals surface area contributed by atoms with Gasteiger partial charge in [0.25, 0.3) is 0 Å². The Morgan fingerprint density at radius 3 is 2.77 bits per heavy atom. The van der Waals surface area contributed by atoms with E-state index in [9.17, 15) is 4.79 Å². The summed E-state index contributed by atoms with van der Waals surface area (Å²) < 4.78 is 5.18. The van der Waals surface area contributed by atoms with Crippen LogP contribution in [0.5, 0.6) is 0 Å². The Morgan fingerprint density at radius 1 is 1.54 bits per heavy atom. The van der Waals surface area contributed by atoms with Gasteiger partial charge in [-0.15, -0.1) is 0 Å². The molecule has 0 bridgehead atoms. The van der Waals surface area contributed by atoms with Gasteiger partial charge in [0, 0.05) is 12.8 Å². The predicted molar refractivity (Wildman–Crippen MR) is 56.9 cm³/mol. The third-order valence-corrected chi connectivity index (χ3v) is 4.83. The van der Waals surface area contributed by atoms with Crippen molar-refractivity contribution in [1.82, 2.24) is 0 Å². The molecule has 2 aliphatic rings. The van der Waals surface area contributed by atoms with Gasteiger partial charge >= 0.3 is 5.97 Å². The van der Waals surface area contributed by atoms with E-state index < -0.39 is 0 Å². The highest BCUT2D eigenvalue weighted by Crippen LogP contribution is 2.65. The number of alkyl halides is 2. The van der Waals surface area contributed by atoms with Gasteiger partial charge in [0.15, 0.2) is 0 Å². The van der Waals surface area contributed by atoms with Crippen LogP contribution >= 0.6 is 31.9 Å². The van der Waals surface area contributed by atoms with Gasteiger partial charge in [0.1, 0.15) is 6.10 Å². The van der Waals surface area contributed by atoms with E-state index in [1.807, 2.05) is 6.08 Å². The van der Waals surface area contributed by atoms with Crippen molar-refractivity contribution in [1.29, 1.82) is 0 Å². The second-order valence-electron chi connectivity index (χ2n) is 3.58. The zero-order chi connectivity index (χ0) is 9.64. The van der Waals surface area contributed by atoms with Crippen LogP contribution in [0.15, 0.2) is 12.2 Å². The maximum absolute atomic E-state index is 10.7. The molecule has 13 heavy (non-hydrogen) atoms. The number of carbonyl (C=O) groups excluding carboxylic acids is 1. The van der Waals surface area contributed by atoms with E-state index in [0.29, 0.717) is 11.8 Å². The highest BCUT2D eigenvalue weighted by atomic mass is 79.9. The van der Waals surface area contributed by atoms with Crippen LogP contribution in [0.4, 0.5) is 0 Å². The fourth-order valence-electron chi connectivity index (χ4n) is 1.86. The molecule has 3 atom stereocenters. The Kier molecular flexibility index (Phi) is 2.31. The van der Waals surface area contributed by atoms with Crippen LogP contribution in [0.1, 0.15) is 13.3 Å². The van der Waals surface area contributed by atoms with Crippen LogP contribution in [-0.4, -0.2) is 15.3 Å². The van der Waals surface area contributed by atoms with Crippen molar-refractivity contribution in [3.8, 4) is 0 Å². The maximum atomic E-state index is 10.7. The smallest absolute Gasteiger partial charge is 0.303 e. The first-order valence-corrected chi connectivity index (χ1v) is 5.84. The number of fused-ring (bicyclic) bond motifs is 1. The number of hydrogen-bond donors (Lipinski definition) is 0. The lowest BCUT2D eigenvalue weighted by molar-refractivity contribution is -0.144. The number of ether oxygens (including phenoxy) is 1. The molecule has 0 heterocycles. The first-order valence-electron chi connectivity index (χ1n) is 4.25. The summed E-state index contributed by atoms with van der Waals surface area (Å²) in [6, 6.07) is 0. The molecule has 0 saturated heterocycles. The van der Waals surface area contributed by atoms with E-state index in [2.05, 4.69) is 37.9 Å². The minimum atomic E-state index is -0.205. The summed E-state index contributed by atoms with van der Waals surface area (Å²) in [5.41, 5.74) is 0. The van der Waals surface area contributed by atoms with Crippen molar-refractivity contribution in [3.63, 3.8) is 0 Å². The third kappa shape index (κ3) is 1.71. The van der Waals surface area contributed by atoms with Gasteiger partial charge in [0.2, 0.25) is 0 Å². The second-order valence-corrected chi connectivity index (χ2v) is 7.26. The Hall–Kier alpha value is 0.170. The topological polar surface area (TPSA) is 26.3 Å². The molecule has 0 aromatic heterocycles. The molecule has 0 N–H and O–H groups in total. The van der Waals surface area contributed by atoms with Crippen LogP contribution in [0.2, 0.25) is 0 Å². The highest BCUT2D eigenvalue weighted by Gasteiger charge is 2.62. The fraction of sp³-hybridized carbons (Fsp3) is 0.667. The van der Waals surface area contributed by atoms with Crippen molar-refractivity contribution < 1.29 is 9.53 Å². The van der Waals surface area contributed by atoms with Gasteiger partial charge in [-0.05, 0) is 18.4 Å². The standard InChI is InChI=1S/C9H10Br2O2/c1-5(12)13-6-2-3-7-8(4-6)9(7,10)11/h2-3,6-8H,4H2,1H3/t6-,7+,8-/m0/s1. The molecule has 0 spiro atoms. The van der Waals surface area contributed by atoms with Gasteiger partial charge in [-0.1, -0.05) is 37.9 Å². The first-order chi connectivity index (χ1) is 6.01. The number of halogens is 2. The van der Waals surface area contributed by atoms with E-state index >= 15 is 0 Å². The lowest BCUT2D eigenvalue weighted by atomic mass is 10.1. The van der Waals surface area contributed by atoms with Gasteiger partial charge in [-0.25, -0.2) is 0 Å². The van der Waals surface area contributed by atoms with Gasteiger partial charge in [-0.2, -0.15) is 0 Å². The molecule has 2 rings (SSSR count). The van der Waals surface area contributed by atoms with E-state index in [1.54, 1.807) is 0 Å². The van der Waals surface area contributed by atoms with E-state index in [1.165, 1.54) is 6.92 Å². The normalized spacial score (nSPS) is 39.5. The molecule has 1 fully saturated rings. The first kappa shape index (κ1) is 9.71. The maximum Gasteiger partial charge on any atom is 0.303 e. The SMILES string of the molecule is CC(=O)O[C@H]1C=C[C@@H]2[C@H](C1)C2(Br)Br. The van der Waals surface area contributed by atoms with Crippen molar-refractivity contribution in [2.24, 2.45) is 11.8 Å². The van der Waals surface area contributed by atoms with Gasteiger partial charge < -0.3 is 4.74 Å². The molecule has 0 radical (unpaired) electrons. The number of esters is 1. The Labute approximate surface area is 94.0 Å². The van der Waals surface area contributed by atoms with Crippen molar-refractivity contribution >= 4 is 37.8 Å². The Bertz CT molecular complexity index is 273. The Morgan fingerprint density at radius 2 is 2.23 bits per heavy atom. The molecule has 0 aliphatic heterocycles. The number of hydrogen-bond acceptors (Lipinski definition) is 2. The fourth-order valence-corrected chi connectivity index (χ4v) is 3.48. The summed E-state index contributed by atoms with van der Waals surface area (Å²) in [4.78, 5) is 10.7. The summed E-state index contributed by atoms with van der Waals surface area (Å²) in [7, 11) is 0. The molecule has 72 valence electrons. The lowest BCUT2D eigenvalue weighted by Gasteiger charge is -2.15. The number of rotatable bonds is 1. The van der Waals surface area contributed by atoms with E-state index in [4.69, 9.17) is 4.74 Å². The van der Waals surface area contributed by atoms with Crippen LogP contribution in [-0.2, 0) is 9.53 Å². The minimum Gasteiger partial charge on any atom is -0.458 e. The summed E-state index contributed by atoms with van der Waals surface area (Å²) in [6.45, 7) is 1.45. The average Bonchev–Trinajstić information content (AvgIpc) is 2.53. The van der Waals surface area contributed by atoms with Gasteiger partial charge in [0.05, 0.1) is 3.23 Å². The van der Waals surface area contributed by atoms with Crippen molar-refractivity contribution in [2.75, 3.05) is 0 Å². The van der Waals surface area contributed by atoms with Crippen LogP contribution in [0.25, 0.3) is 0 Å². The predicted octanol–water partition coefficient (Wildman–Crippen LogP) is 2.61. The molecule has 0 amide bonds. The summed E-state index contributed by atoms with van der Waals surface area (Å²) >= 11 is 7.20. The molecule has 2 aliphatic carbocycles. The molecule has 0 aromatic rings. The van der Waals surface area contributed by atoms with Crippen molar-refractivity contribution in [2.45, 2.75) is 22.7 Å². The second kappa shape index (κ2) is 3.09. The minimum absolute atomic E-state index is 0.0317. The van der Waals surface area contributed by atoms with Gasteiger partial charge in [-0.3, -0.25) is 4.79 Å². The molecular formula is C9H10Br2O2. The van der Waals surface area contributed by atoms with Crippen LogP contribution in [0, 0.1) is 11.8 Å². The monoisotopic (exact) mass is 308 g/mol. The molecule has 0 aromatic carbocycles. The average molecular weight is 310 g/mol. The number of allylic oxidation sites excluding steroid dienone is 1. The summed E-state index contributed by atoms with van der Waals surface area (Å²) in [5.74, 6) is 0.907. The molecule has 0 unspecified atom stereocenters. The van der Waals surface area contributed by atoms with Crippen molar-refractivity contribution in [3.05, 3.63) is 12.2 Å².